The van der Waals surface area contributed by atoms with Gasteiger partial charge in [-0.2, -0.15) is 4.99 Å². The first-order chi connectivity index (χ1) is 13.5. The molecule has 156 valence electrons. The fourth-order valence-electron chi connectivity index (χ4n) is 3.47. The van der Waals surface area contributed by atoms with E-state index in [1.165, 1.54) is 19.1 Å². The Morgan fingerprint density at radius 1 is 1.21 bits per heavy atom. The van der Waals surface area contributed by atoms with Crippen molar-refractivity contribution in [2.45, 2.75) is 31.6 Å². The highest BCUT2D eigenvalue weighted by Gasteiger charge is 2.40. The smallest absolute Gasteiger partial charge is 0.338 e. The number of carboxylic acid groups (broad SMARTS) is 1. The third-order valence-corrected chi connectivity index (χ3v) is 6.80. The van der Waals surface area contributed by atoms with Gasteiger partial charge in [0.15, 0.2) is 0 Å². The summed E-state index contributed by atoms with van der Waals surface area (Å²) in [4.78, 5) is 26.3. The second-order valence-electron chi connectivity index (χ2n) is 6.72. The van der Waals surface area contributed by atoms with Crippen molar-refractivity contribution in [2.75, 3.05) is 0 Å². The van der Waals surface area contributed by atoms with Crippen LogP contribution in [-0.4, -0.2) is 31.2 Å². The molecule has 2 amide bonds. The lowest BCUT2D eigenvalue weighted by molar-refractivity contribution is -0.138. The highest BCUT2D eigenvalue weighted by atomic mass is 32.2. The van der Waals surface area contributed by atoms with Gasteiger partial charge in [0.1, 0.15) is 4.91 Å². The molecule has 29 heavy (non-hydrogen) atoms. The van der Waals surface area contributed by atoms with Crippen LogP contribution in [-0.2, 0) is 14.6 Å². The lowest BCUT2D eigenvalue weighted by Gasteiger charge is -2.33. The summed E-state index contributed by atoms with van der Waals surface area (Å²) in [6, 6.07) is 6.61. The van der Waals surface area contributed by atoms with Crippen LogP contribution in [0.2, 0.25) is 0 Å². The molecule has 1 aliphatic rings. The number of hydrogen-bond acceptors (Lipinski definition) is 6. The number of aliphatic carboxylic acids is 1. The van der Waals surface area contributed by atoms with Crippen LogP contribution in [0.4, 0.5) is 4.79 Å². The number of sulfone groups is 1. The predicted octanol–water partition coefficient (Wildman–Crippen LogP) is 1.51. The van der Waals surface area contributed by atoms with E-state index in [-0.39, 0.29) is 38.9 Å². The third kappa shape index (κ3) is 4.32. The van der Waals surface area contributed by atoms with Gasteiger partial charge in [0.2, 0.25) is 9.84 Å². The molecule has 0 spiro atoms. The standard InChI is InChI=1S/C19H24N4O5S/c1-3-11(9-13(24)25)14-16(21)18(15(20)10(2)17(14)23-19(22)26)29(27,28)12-7-5-4-6-8-12/h4-8,11,14H,3,9,20-21H2,1-2H3,(H2,22,26)(H,24,25). The van der Waals surface area contributed by atoms with Gasteiger partial charge in [-0.3, -0.25) is 4.79 Å². The van der Waals surface area contributed by atoms with Gasteiger partial charge in [-0.15, -0.1) is 0 Å². The number of nitrogens with two attached hydrogens (primary N) is 3. The number of carbonyl (C=O) groups is 2. The fraction of sp³-hybridized carbons (Fsp3) is 0.316. The number of nitrogens with zero attached hydrogens (tertiary/aromatic N) is 1. The highest BCUT2D eigenvalue weighted by molar-refractivity contribution is 7.95. The summed E-state index contributed by atoms with van der Waals surface area (Å²) >= 11 is 0. The molecule has 2 atom stereocenters. The van der Waals surface area contributed by atoms with E-state index < -0.39 is 33.7 Å². The van der Waals surface area contributed by atoms with Gasteiger partial charge in [-0.1, -0.05) is 31.5 Å². The van der Waals surface area contributed by atoms with Crippen molar-refractivity contribution < 1.29 is 23.1 Å². The number of carboxylic acids is 1. The highest BCUT2D eigenvalue weighted by Crippen LogP contribution is 2.39. The SMILES string of the molecule is CCC(CC(=O)O)C1C(=NC(N)=O)C(C)=C(N)C(S(=O)(=O)c2ccccc2)=C1N. The van der Waals surface area contributed by atoms with E-state index in [0.29, 0.717) is 6.42 Å². The average molecular weight is 420 g/mol. The van der Waals surface area contributed by atoms with E-state index in [4.69, 9.17) is 17.2 Å². The second-order valence-corrected chi connectivity index (χ2v) is 8.61. The summed E-state index contributed by atoms with van der Waals surface area (Å²) in [5.74, 6) is -2.64. The first-order valence-corrected chi connectivity index (χ1v) is 10.4. The Labute approximate surface area is 168 Å². The summed E-state index contributed by atoms with van der Waals surface area (Å²) in [6.45, 7) is 3.25. The molecular formula is C19H24N4O5S. The molecule has 0 fully saturated rings. The second kappa shape index (κ2) is 8.48. The Bertz CT molecular complexity index is 1030. The molecule has 2 rings (SSSR count). The van der Waals surface area contributed by atoms with Crippen molar-refractivity contribution >= 4 is 27.5 Å². The minimum Gasteiger partial charge on any atom is -0.481 e. The van der Waals surface area contributed by atoms with Crippen LogP contribution in [0, 0.1) is 11.8 Å². The van der Waals surface area contributed by atoms with E-state index in [2.05, 4.69) is 4.99 Å². The Balaban J connectivity index is 2.81. The molecule has 0 aromatic heterocycles. The molecule has 7 N–H and O–H groups in total. The van der Waals surface area contributed by atoms with Gasteiger partial charge in [0, 0.05) is 18.0 Å². The van der Waals surface area contributed by atoms with E-state index in [9.17, 15) is 23.1 Å². The van der Waals surface area contributed by atoms with Gasteiger partial charge in [0.25, 0.3) is 0 Å². The van der Waals surface area contributed by atoms with Crippen LogP contribution < -0.4 is 17.2 Å². The van der Waals surface area contributed by atoms with Crippen LogP contribution in [0.25, 0.3) is 0 Å². The summed E-state index contributed by atoms with van der Waals surface area (Å²) in [5, 5.41) is 9.28. The molecule has 10 heteroatoms. The van der Waals surface area contributed by atoms with Crippen LogP contribution in [0.1, 0.15) is 26.7 Å². The number of rotatable bonds is 6. The average Bonchev–Trinajstić information content (AvgIpc) is 2.65. The molecule has 2 unspecified atom stereocenters. The van der Waals surface area contributed by atoms with Gasteiger partial charge in [0.05, 0.1) is 16.3 Å². The predicted molar refractivity (Wildman–Crippen MR) is 108 cm³/mol. The minimum atomic E-state index is -4.10. The number of hydrogen-bond donors (Lipinski definition) is 4. The van der Waals surface area contributed by atoms with E-state index in [1.54, 1.807) is 25.1 Å². The first kappa shape index (κ1) is 22.2. The summed E-state index contributed by atoms with van der Waals surface area (Å²) in [7, 11) is -4.10. The van der Waals surface area contributed by atoms with Crippen LogP contribution in [0.15, 0.2) is 62.1 Å². The number of primary amides is 1. The van der Waals surface area contributed by atoms with E-state index in [0.717, 1.165) is 0 Å². The number of allylic oxidation sites excluding steroid dienone is 2. The van der Waals surface area contributed by atoms with Crippen molar-refractivity contribution in [1.29, 1.82) is 0 Å². The topological polar surface area (TPSA) is 179 Å². The van der Waals surface area contributed by atoms with E-state index >= 15 is 0 Å². The molecule has 0 radical (unpaired) electrons. The lowest BCUT2D eigenvalue weighted by Crippen LogP contribution is -2.39. The molecule has 1 aromatic rings. The van der Waals surface area contributed by atoms with Crippen molar-refractivity contribution in [3.63, 3.8) is 0 Å². The maximum Gasteiger partial charge on any atom is 0.338 e. The lowest BCUT2D eigenvalue weighted by atomic mass is 9.76. The van der Waals surface area contributed by atoms with Gasteiger partial charge < -0.3 is 22.3 Å². The maximum absolute atomic E-state index is 13.3. The largest absolute Gasteiger partial charge is 0.481 e. The molecule has 0 saturated carbocycles. The normalized spacial score (nSPS) is 20.1. The molecule has 1 aromatic carbocycles. The van der Waals surface area contributed by atoms with Crippen molar-refractivity contribution in [2.24, 2.45) is 34.0 Å². The van der Waals surface area contributed by atoms with Crippen molar-refractivity contribution in [3.8, 4) is 0 Å². The quantitative estimate of drug-likeness (QED) is 0.538. The molecule has 0 aliphatic heterocycles. The van der Waals surface area contributed by atoms with E-state index in [1.807, 2.05) is 0 Å². The summed E-state index contributed by atoms with van der Waals surface area (Å²) < 4.78 is 26.5. The van der Waals surface area contributed by atoms with Gasteiger partial charge in [-0.25, -0.2) is 13.2 Å². The number of carbonyl (C=O) groups excluding carboxylic acids is 1. The molecule has 9 nitrogen and oxygen atoms in total. The van der Waals surface area contributed by atoms with Gasteiger partial charge in [-0.05, 0) is 30.5 Å². The molecule has 0 heterocycles. The monoisotopic (exact) mass is 420 g/mol. The molecular weight excluding hydrogens is 396 g/mol. The van der Waals surface area contributed by atoms with Crippen LogP contribution >= 0.6 is 0 Å². The Morgan fingerprint density at radius 3 is 2.28 bits per heavy atom. The molecule has 0 saturated heterocycles. The van der Waals surface area contributed by atoms with Crippen molar-refractivity contribution in [3.05, 3.63) is 52.2 Å². The first-order valence-electron chi connectivity index (χ1n) is 8.89. The number of aliphatic imine (C=N–C) groups is 1. The van der Waals surface area contributed by atoms with Crippen LogP contribution in [0.3, 0.4) is 0 Å². The minimum absolute atomic E-state index is 0.00553. The van der Waals surface area contributed by atoms with Crippen LogP contribution in [0.5, 0.6) is 0 Å². The number of benzene rings is 1. The third-order valence-electron chi connectivity index (χ3n) is 4.91. The zero-order valence-corrected chi connectivity index (χ0v) is 16.9. The number of amides is 2. The van der Waals surface area contributed by atoms with Gasteiger partial charge >= 0.3 is 12.0 Å². The van der Waals surface area contributed by atoms with Crippen molar-refractivity contribution in [1.82, 2.24) is 0 Å². The zero-order valence-electron chi connectivity index (χ0n) is 16.1. The molecule has 0 bridgehead atoms. The summed E-state index contributed by atoms with van der Waals surface area (Å²) in [6.07, 6.45) is 0.0484. The Morgan fingerprint density at radius 2 is 1.79 bits per heavy atom. The maximum atomic E-state index is 13.3. The molecule has 1 aliphatic carbocycles. The summed E-state index contributed by atoms with van der Waals surface area (Å²) in [5.41, 5.74) is 17.6. The Hall–Kier alpha value is -3.14. The number of urea groups is 1. The Kier molecular flexibility index (Phi) is 6.48. The fourth-order valence-corrected chi connectivity index (χ4v) is 5.11. The zero-order chi connectivity index (χ0) is 21.9.